The van der Waals surface area contributed by atoms with Gasteiger partial charge in [0.15, 0.2) is 9.84 Å². The fraction of sp³-hybridized carbons (Fsp3) is 0.269. The molecule has 0 saturated heterocycles. The zero-order chi connectivity index (χ0) is 26.6. The minimum atomic E-state index is -3.31. The summed E-state index contributed by atoms with van der Waals surface area (Å²) < 4.78 is 40.8. The van der Waals surface area contributed by atoms with Gasteiger partial charge in [0.1, 0.15) is 34.5 Å². The highest BCUT2D eigenvalue weighted by molar-refractivity contribution is 7.90. The highest BCUT2D eigenvalue weighted by Crippen LogP contribution is 2.35. The summed E-state index contributed by atoms with van der Waals surface area (Å²) in [5.74, 6) is 1.55. The highest BCUT2D eigenvalue weighted by Gasteiger charge is 2.15. The molecule has 9 nitrogen and oxygen atoms in total. The number of ether oxygens (including phenoxy) is 3. The number of nitrogens with one attached hydrogen (secondary N) is 1. The Bertz CT molecular complexity index is 1450. The van der Waals surface area contributed by atoms with Crippen molar-refractivity contribution in [2.45, 2.75) is 24.0 Å². The lowest BCUT2D eigenvalue weighted by molar-refractivity contribution is 0.0920. The molecule has 0 radical (unpaired) electrons. The molecule has 2 aromatic carbocycles. The number of methoxy groups -OCH3 is 1. The molecule has 0 bridgehead atoms. The van der Waals surface area contributed by atoms with Crippen molar-refractivity contribution in [2.24, 2.45) is 0 Å². The number of sulfone groups is 1. The molecule has 0 aliphatic carbocycles. The average Bonchev–Trinajstić information content (AvgIpc) is 3.53. The van der Waals surface area contributed by atoms with Gasteiger partial charge in [-0.1, -0.05) is 0 Å². The van der Waals surface area contributed by atoms with Gasteiger partial charge in [-0.3, -0.25) is 0 Å². The van der Waals surface area contributed by atoms with Crippen molar-refractivity contribution in [3.8, 4) is 39.2 Å². The lowest BCUT2D eigenvalue weighted by atomic mass is 10.1. The number of hydrogen-bond donors (Lipinski definition) is 3. The number of benzene rings is 2. The summed E-state index contributed by atoms with van der Waals surface area (Å²) in [5.41, 5.74) is 2.76. The van der Waals surface area contributed by atoms with Gasteiger partial charge in [-0.05, 0) is 55.5 Å². The molecule has 4 aromatic rings. The Morgan fingerprint density at radius 3 is 2.41 bits per heavy atom. The molecule has 2 atom stereocenters. The number of aromatic nitrogens is 2. The lowest BCUT2D eigenvalue weighted by Gasteiger charge is -2.16. The van der Waals surface area contributed by atoms with Crippen LogP contribution in [0.25, 0.3) is 22.0 Å². The van der Waals surface area contributed by atoms with Crippen molar-refractivity contribution in [1.82, 2.24) is 9.97 Å². The fourth-order valence-electron chi connectivity index (χ4n) is 3.59. The average molecular weight is 545 g/mol. The summed E-state index contributed by atoms with van der Waals surface area (Å²) in [6, 6.07) is 15.5. The fourth-order valence-corrected chi connectivity index (χ4v) is 5.07. The smallest absolute Gasteiger partial charge is 0.175 e. The first-order valence-corrected chi connectivity index (χ1v) is 14.2. The molecule has 0 fully saturated rings. The van der Waals surface area contributed by atoms with Crippen LogP contribution in [0.3, 0.4) is 0 Å². The van der Waals surface area contributed by atoms with E-state index in [2.05, 4.69) is 9.97 Å². The van der Waals surface area contributed by atoms with Crippen molar-refractivity contribution in [3.05, 3.63) is 65.7 Å². The van der Waals surface area contributed by atoms with Crippen LogP contribution in [0.1, 0.15) is 18.7 Å². The summed E-state index contributed by atoms with van der Waals surface area (Å²) in [4.78, 5) is 7.95. The van der Waals surface area contributed by atoms with Crippen LogP contribution in [-0.2, 0) is 14.6 Å². The Hall–Kier alpha value is -3.22. The van der Waals surface area contributed by atoms with Gasteiger partial charge in [-0.2, -0.15) is 0 Å². The molecular formula is C26H28N2O7S2. The normalized spacial score (nSPS) is 13.3. The minimum Gasteiger partial charge on any atom is -0.488 e. The van der Waals surface area contributed by atoms with Gasteiger partial charge in [-0.25, -0.2) is 13.4 Å². The number of H-pyrrole nitrogens is 1. The van der Waals surface area contributed by atoms with E-state index in [9.17, 15) is 18.6 Å². The Kier molecular flexibility index (Phi) is 8.30. The Morgan fingerprint density at radius 1 is 1.03 bits per heavy atom. The quantitative estimate of drug-likeness (QED) is 0.253. The van der Waals surface area contributed by atoms with E-state index in [1.807, 2.05) is 31.2 Å². The number of aromatic amines is 1. The van der Waals surface area contributed by atoms with E-state index in [0.717, 1.165) is 23.2 Å². The Labute approximate surface area is 219 Å². The molecule has 196 valence electrons. The molecule has 2 heterocycles. The standard InChI is InChI=1S/C26H28N2O7S2/c1-16(14-33-2)34-19-10-17(11-20(12-19)35-18-4-6-21(7-5-18)37(3,31)32)22-8-9-23(27-22)26-28-24(15-36-26)25(30)13-29/h4-12,15-16,25,27,29-30H,13-14H2,1-3H3/t16-,25?/m0/s1. The second-order valence-electron chi connectivity index (χ2n) is 8.48. The van der Waals surface area contributed by atoms with Gasteiger partial charge in [0.2, 0.25) is 0 Å². The van der Waals surface area contributed by atoms with Crippen molar-refractivity contribution in [3.63, 3.8) is 0 Å². The third-order valence-corrected chi connectivity index (χ3v) is 7.39. The maximum absolute atomic E-state index is 11.8. The molecule has 11 heteroatoms. The summed E-state index contributed by atoms with van der Waals surface area (Å²) in [6.07, 6.45) is -0.0649. The van der Waals surface area contributed by atoms with E-state index >= 15 is 0 Å². The number of aliphatic hydroxyl groups excluding tert-OH is 2. The topological polar surface area (TPSA) is 131 Å². The van der Waals surface area contributed by atoms with Crippen molar-refractivity contribution in [2.75, 3.05) is 26.6 Å². The maximum atomic E-state index is 11.8. The Balaban J connectivity index is 1.64. The van der Waals surface area contributed by atoms with E-state index in [1.54, 1.807) is 30.7 Å². The van der Waals surface area contributed by atoms with E-state index in [-0.39, 0.29) is 11.0 Å². The second kappa shape index (κ2) is 11.4. The van der Waals surface area contributed by atoms with Gasteiger partial charge < -0.3 is 29.4 Å². The highest BCUT2D eigenvalue weighted by atomic mass is 32.2. The first kappa shape index (κ1) is 26.8. The van der Waals surface area contributed by atoms with Gasteiger partial charge in [0.05, 0.1) is 29.5 Å². The van der Waals surface area contributed by atoms with Crippen LogP contribution >= 0.6 is 11.3 Å². The molecule has 0 spiro atoms. The molecule has 0 aliphatic rings. The van der Waals surface area contributed by atoms with Gasteiger partial charge in [0.25, 0.3) is 0 Å². The van der Waals surface area contributed by atoms with Crippen LogP contribution in [0.4, 0.5) is 0 Å². The van der Waals surface area contributed by atoms with Gasteiger partial charge in [-0.15, -0.1) is 11.3 Å². The Morgan fingerprint density at radius 2 is 1.73 bits per heavy atom. The van der Waals surface area contributed by atoms with Crippen molar-refractivity contribution < 1.29 is 32.8 Å². The van der Waals surface area contributed by atoms with E-state index < -0.39 is 22.5 Å². The number of hydrogen-bond acceptors (Lipinski definition) is 9. The zero-order valence-electron chi connectivity index (χ0n) is 20.5. The molecule has 0 saturated carbocycles. The number of thiazole rings is 1. The predicted molar refractivity (Wildman–Crippen MR) is 141 cm³/mol. The summed E-state index contributed by atoms with van der Waals surface area (Å²) in [5, 5.41) is 21.4. The van der Waals surface area contributed by atoms with E-state index in [4.69, 9.17) is 14.2 Å². The number of nitrogens with zero attached hydrogens (tertiary/aromatic N) is 1. The lowest BCUT2D eigenvalue weighted by Crippen LogP contribution is -2.17. The molecular weight excluding hydrogens is 516 g/mol. The molecule has 1 unspecified atom stereocenters. The van der Waals surface area contributed by atoms with Crippen LogP contribution < -0.4 is 9.47 Å². The third-order valence-electron chi connectivity index (χ3n) is 5.37. The second-order valence-corrected chi connectivity index (χ2v) is 11.4. The summed E-state index contributed by atoms with van der Waals surface area (Å²) in [7, 11) is -1.70. The van der Waals surface area contributed by atoms with Crippen molar-refractivity contribution in [1.29, 1.82) is 0 Å². The van der Waals surface area contributed by atoms with Crippen LogP contribution in [0.5, 0.6) is 17.2 Å². The van der Waals surface area contributed by atoms with Crippen LogP contribution in [0, 0.1) is 0 Å². The van der Waals surface area contributed by atoms with Gasteiger partial charge >= 0.3 is 0 Å². The molecule has 3 N–H and O–H groups in total. The number of rotatable bonds is 11. The summed E-state index contributed by atoms with van der Waals surface area (Å²) in [6.45, 7) is 1.91. The first-order valence-electron chi connectivity index (χ1n) is 11.4. The van der Waals surface area contributed by atoms with Crippen LogP contribution in [-0.4, -0.2) is 61.3 Å². The van der Waals surface area contributed by atoms with Crippen molar-refractivity contribution >= 4 is 21.2 Å². The van der Waals surface area contributed by atoms with Crippen LogP contribution in [0.15, 0.2) is 64.9 Å². The van der Waals surface area contributed by atoms with Gasteiger partial charge in [0, 0.05) is 36.1 Å². The molecule has 0 amide bonds. The minimum absolute atomic E-state index is 0.201. The van der Waals surface area contributed by atoms with E-state index in [1.165, 1.54) is 23.5 Å². The van der Waals surface area contributed by atoms with E-state index in [0.29, 0.717) is 34.6 Å². The molecule has 2 aromatic heterocycles. The predicted octanol–water partition coefficient (Wildman–Crippen LogP) is 4.44. The third kappa shape index (κ3) is 6.76. The largest absolute Gasteiger partial charge is 0.488 e. The summed E-state index contributed by atoms with van der Waals surface area (Å²) >= 11 is 1.36. The maximum Gasteiger partial charge on any atom is 0.175 e. The SMILES string of the molecule is COC[C@H](C)Oc1cc(Oc2ccc(S(C)(=O)=O)cc2)cc(-c2ccc(-c3nc(C(O)CO)cs3)[nH]2)c1. The molecule has 37 heavy (non-hydrogen) atoms. The van der Waals surface area contributed by atoms with Crippen LogP contribution in [0.2, 0.25) is 0 Å². The monoisotopic (exact) mass is 544 g/mol. The first-order chi connectivity index (χ1) is 17.7. The molecule has 4 rings (SSSR count). The zero-order valence-corrected chi connectivity index (χ0v) is 22.2. The molecule has 0 aliphatic heterocycles. The number of aliphatic hydroxyl groups is 2.